The maximum absolute atomic E-state index is 12.3. The minimum absolute atomic E-state index is 0.0334. The summed E-state index contributed by atoms with van der Waals surface area (Å²) >= 11 is 5.97. The smallest absolute Gasteiger partial charge is 0.326 e. The van der Waals surface area contributed by atoms with Gasteiger partial charge in [0.05, 0.1) is 10.6 Å². The molecule has 0 bridgehead atoms. The Morgan fingerprint density at radius 3 is 2.67 bits per heavy atom. The van der Waals surface area contributed by atoms with Gasteiger partial charge in [-0.1, -0.05) is 30.7 Å². The molecule has 96 valence electrons. The molecule has 0 aromatic heterocycles. The van der Waals surface area contributed by atoms with Crippen LogP contribution in [0.2, 0.25) is 5.02 Å². The fourth-order valence-corrected chi connectivity index (χ4v) is 2.56. The monoisotopic (exact) mass is 267 g/mol. The van der Waals surface area contributed by atoms with Crippen LogP contribution in [0.4, 0.5) is 0 Å². The lowest BCUT2D eigenvalue weighted by atomic mass is 10.0. The van der Waals surface area contributed by atoms with Crippen LogP contribution in [-0.4, -0.2) is 34.5 Å². The van der Waals surface area contributed by atoms with Crippen molar-refractivity contribution in [3.8, 4) is 0 Å². The summed E-state index contributed by atoms with van der Waals surface area (Å²) in [5.41, 5.74) is 0.361. The van der Waals surface area contributed by atoms with Crippen molar-refractivity contribution in [1.29, 1.82) is 0 Å². The van der Waals surface area contributed by atoms with Crippen molar-refractivity contribution in [2.24, 2.45) is 5.92 Å². The third-order valence-corrected chi connectivity index (χ3v) is 3.65. The first-order valence-electron chi connectivity index (χ1n) is 5.80. The molecule has 1 aromatic rings. The lowest BCUT2D eigenvalue weighted by Gasteiger charge is -2.23. The first kappa shape index (κ1) is 12.9. The topological polar surface area (TPSA) is 57.6 Å². The maximum Gasteiger partial charge on any atom is 0.326 e. The van der Waals surface area contributed by atoms with Crippen LogP contribution in [-0.2, 0) is 4.79 Å². The molecular weight excluding hydrogens is 254 g/mol. The van der Waals surface area contributed by atoms with Crippen molar-refractivity contribution in [2.75, 3.05) is 6.54 Å². The van der Waals surface area contributed by atoms with Crippen LogP contribution in [0.3, 0.4) is 0 Å². The molecule has 1 heterocycles. The van der Waals surface area contributed by atoms with E-state index < -0.39 is 12.0 Å². The quantitative estimate of drug-likeness (QED) is 0.894. The number of rotatable bonds is 2. The Balaban J connectivity index is 2.29. The van der Waals surface area contributed by atoms with Gasteiger partial charge in [-0.3, -0.25) is 4.79 Å². The fraction of sp³-hybridized carbons (Fsp3) is 0.385. The number of carbonyl (C=O) groups is 2. The Bertz CT molecular complexity index is 489. The molecule has 18 heavy (non-hydrogen) atoms. The van der Waals surface area contributed by atoms with Crippen LogP contribution in [0.25, 0.3) is 0 Å². The highest BCUT2D eigenvalue weighted by Gasteiger charge is 2.40. The molecule has 0 saturated carbocycles. The van der Waals surface area contributed by atoms with Crippen LogP contribution in [0.5, 0.6) is 0 Å². The summed E-state index contributed by atoms with van der Waals surface area (Å²) in [7, 11) is 0. The second-order valence-corrected chi connectivity index (χ2v) is 4.93. The zero-order valence-corrected chi connectivity index (χ0v) is 10.7. The zero-order chi connectivity index (χ0) is 13.3. The number of carboxylic acids is 1. The third kappa shape index (κ3) is 2.20. The normalized spacial score (nSPS) is 23.1. The Morgan fingerprint density at radius 2 is 2.06 bits per heavy atom. The Kier molecular flexibility index (Phi) is 3.57. The predicted octanol–water partition coefficient (Wildman–Crippen LogP) is 2.28. The van der Waals surface area contributed by atoms with Crippen LogP contribution >= 0.6 is 11.6 Å². The molecule has 5 heteroatoms. The van der Waals surface area contributed by atoms with Gasteiger partial charge in [-0.05, 0) is 24.5 Å². The van der Waals surface area contributed by atoms with Gasteiger partial charge in [0.25, 0.3) is 5.91 Å². The molecule has 1 amide bonds. The molecule has 1 N–H and O–H groups in total. The number of nitrogens with zero attached hydrogens (tertiary/aromatic N) is 1. The Labute approximate surface area is 110 Å². The van der Waals surface area contributed by atoms with E-state index in [9.17, 15) is 14.7 Å². The third-order valence-electron chi connectivity index (χ3n) is 3.32. The molecule has 2 rings (SSSR count). The minimum atomic E-state index is -0.958. The number of carboxylic acid groups (broad SMARTS) is 1. The molecule has 0 radical (unpaired) electrons. The van der Waals surface area contributed by atoms with E-state index in [2.05, 4.69) is 0 Å². The molecule has 2 unspecified atom stereocenters. The first-order chi connectivity index (χ1) is 8.52. The number of hydrogen-bond acceptors (Lipinski definition) is 2. The van der Waals surface area contributed by atoms with Crippen molar-refractivity contribution in [3.63, 3.8) is 0 Å². The average molecular weight is 268 g/mol. The minimum Gasteiger partial charge on any atom is -0.480 e. The molecular formula is C13H14ClNO3. The highest BCUT2D eigenvalue weighted by molar-refractivity contribution is 6.33. The summed E-state index contributed by atoms with van der Waals surface area (Å²) in [6.45, 7) is 2.31. The summed E-state index contributed by atoms with van der Waals surface area (Å²) in [6.07, 6.45) is 0.702. The highest BCUT2D eigenvalue weighted by atomic mass is 35.5. The fourth-order valence-electron chi connectivity index (χ4n) is 2.34. The number of likely N-dealkylation sites (tertiary alicyclic amines) is 1. The number of hydrogen-bond donors (Lipinski definition) is 1. The van der Waals surface area contributed by atoms with Crippen molar-refractivity contribution < 1.29 is 14.7 Å². The molecule has 2 atom stereocenters. The van der Waals surface area contributed by atoms with Crippen molar-refractivity contribution in [2.45, 2.75) is 19.4 Å². The van der Waals surface area contributed by atoms with Crippen LogP contribution in [0.15, 0.2) is 24.3 Å². The van der Waals surface area contributed by atoms with E-state index in [0.717, 1.165) is 0 Å². The second kappa shape index (κ2) is 4.98. The van der Waals surface area contributed by atoms with Gasteiger partial charge in [0.1, 0.15) is 6.04 Å². The van der Waals surface area contributed by atoms with Gasteiger partial charge in [0.15, 0.2) is 0 Å². The molecule has 4 nitrogen and oxygen atoms in total. The van der Waals surface area contributed by atoms with Gasteiger partial charge < -0.3 is 10.0 Å². The molecule has 1 fully saturated rings. The van der Waals surface area contributed by atoms with E-state index in [1.807, 2.05) is 6.92 Å². The maximum atomic E-state index is 12.3. The van der Waals surface area contributed by atoms with E-state index >= 15 is 0 Å². The lowest BCUT2D eigenvalue weighted by Crippen LogP contribution is -2.42. The number of carbonyl (C=O) groups excluding carboxylic acids is 1. The van der Waals surface area contributed by atoms with E-state index in [0.29, 0.717) is 23.6 Å². The number of halogens is 1. The van der Waals surface area contributed by atoms with Gasteiger partial charge in [0.2, 0.25) is 0 Å². The molecule has 1 aromatic carbocycles. The van der Waals surface area contributed by atoms with Crippen molar-refractivity contribution in [1.82, 2.24) is 4.90 Å². The van der Waals surface area contributed by atoms with E-state index in [-0.39, 0.29) is 11.8 Å². The van der Waals surface area contributed by atoms with Gasteiger partial charge in [-0.15, -0.1) is 0 Å². The van der Waals surface area contributed by atoms with Crippen LogP contribution < -0.4 is 0 Å². The predicted molar refractivity (Wildman–Crippen MR) is 67.7 cm³/mol. The molecule has 0 aliphatic carbocycles. The SMILES string of the molecule is CC1CCN(C(=O)c2ccccc2Cl)C1C(=O)O. The molecule has 1 saturated heterocycles. The summed E-state index contributed by atoms with van der Waals surface area (Å²) in [5, 5.41) is 9.55. The van der Waals surface area contributed by atoms with Gasteiger partial charge in [0, 0.05) is 6.54 Å². The number of aliphatic carboxylic acids is 1. The zero-order valence-electron chi connectivity index (χ0n) is 9.97. The lowest BCUT2D eigenvalue weighted by molar-refractivity contribution is -0.142. The summed E-state index contributed by atoms with van der Waals surface area (Å²) < 4.78 is 0. The summed E-state index contributed by atoms with van der Waals surface area (Å²) in [6, 6.07) is 5.94. The van der Waals surface area contributed by atoms with Crippen molar-refractivity contribution >= 4 is 23.5 Å². The molecule has 0 spiro atoms. The van der Waals surface area contributed by atoms with Gasteiger partial charge in [-0.2, -0.15) is 0 Å². The number of benzene rings is 1. The average Bonchev–Trinajstić information content (AvgIpc) is 2.71. The van der Waals surface area contributed by atoms with E-state index in [1.165, 1.54) is 4.90 Å². The van der Waals surface area contributed by atoms with Gasteiger partial charge in [-0.25, -0.2) is 4.79 Å². The van der Waals surface area contributed by atoms with Crippen LogP contribution in [0.1, 0.15) is 23.7 Å². The summed E-state index contributed by atoms with van der Waals surface area (Å²) in [4.78, 5) is 24.9. The molecule has 1 aliphatic heterocycles. The summed E-state index contributed by atoms with van der Waals surface area (Å²) in [5.74, 6) is -1.30. The largest absolute Gasteiger partial charge is 0.480 e. The van der Waals surface area contributed by atoms with E-state index in [4.69, 9.17) is 11.6 Å². The molecule has 1 aliphatic rings. The van der Waals surface area contributed by atoms with Crippen molar-refractivity contribution in [3.05, 3.63) is 34.9 Å². The Morgan fingerprint density at radius 1 is 1.39 bits per heavy atom. The number of amides is 1. The highest BCUT2D eigenvalue weighted by Crippen LogP contribution is 2.27. The standard InChI is InChI=1S/C13H14ClNO3/c1-8-6-7-15(11(8)13(17)18)12(16)9-4-2-3-5-10(9)14/h2-5,8,11H,6-7H2,1H3,(H,17,18). The van der Waals surface area contributed by atoms with Gasteiger partial charge >= 0.3 is 5.97 Å². The van der Waals surface area contributed by atoms with Crippen LogP contribution in [0, 0.1) is 5.92 Å². The van der Waals surface area contributed by atoms with E-state index in [1.54, 1.807) is 24.3 Å². The Hall–Kier alpha value is -1.55. The second-order valence-electron chi connectivity index (χ2n) is 4.53. The first-order valence-corrected chi connectivity index (χ1v) is 6.18.